The van der Waals surface area contributed by atoms with Gasteiger partial charge in [-0.3, -0.25) is 0 Å². The fourth-order valence-electron chi connectivity index (χ4n) is 2.58. The van der Waals surface area contributed by atoms with Crippen LogP contribution in [-0.4, -0.2) is 37.6 Å². The SMILES string of the molecule is CCCCCCNCCN(C)C1CCCC1. The van der Waals surface area contributed by atoms with Crippen molar-refractivity contribution in [1.82, 2.24) is 10.2 Å². The van der Waals surface area contributed by atoms with Gasteiger partial charge in [-0.15, -0.1) is 0 Å². The van der Waals surface area contributed by atoms with Gasteiger partial charge >= 0.3 is 0 Å². The molecule has 1 rings (SSSR count). The molecule has 0 aliphatic heterocycles. The molecule has 0 heterocycles. The lowest BCUT2D eigenvalue weighted by Gasteiger charge is -2.23. The topological polar surface area (TPSA) is 15.3 Å². The number of rotatable bonds is 9. The molecular weight excluding hydrogens is 196 g/mol. The van der Waals surface area contributed by atoms with Gasteiger partial charge in [-0.05, 0) is 32.9 Å². The Morgan fingerprint density at radius 1 is 1.06 bits per heavy atom. The molecular formula is C14H30N2. The molecule has 0 unspecified atom stereocenters. The minimum Gasteiger partial charge on any atom is -0.315 e. The Balaban J connectivity index is 1.86. The lowest BCUT2D eigenvalue weighted by Crippen LogP contribution is -2.35. The number of nitrogens with zero attached hydrogens (tertiary/aromatic N) is 1. The molecule has 0 atom stereocenters. The lowest BCUT2D eigenvalue weighted by atomic mass is 10.2. The molecule has 1 aliphatic carbocycles. The van der Waals surface area contributed by atoms with Gasteiger partial charge in [0.25, 0.3) is 0 Å². The highest BCUT2D eigenvalue weighted by atomic mass is 15.1. The summed E-state index contributed by atoms with van der Waals surface area (Å²) in [6.07, 6.45) is 11.2. The molecule has 1 fully saturated rings. The number of unbranched alkanes of at least 4 members (excludes halogenated alkanes) is 3. The van der Waals surface area contributed by atoms with Gasteiger partial charge in [0.1, 0.15) is 0 Å². The molecule has 2 nitrogen and oxygen atoms in total. The van der Waals surface area contributed by atoms with Crippen LogP contribution < -0.4 is 5.32 Å². The van der Waals surface area contributed by atoms with Crippen molar-refractivity contribution in [2.75, 3.05) is 26.7 Å². The molecule has 0 saturated heterocycles. The van der Waals surface area contributed by atoms with Gasteiger partial charge in [-0.2, -0.15) is 0 Å². The van der Waals surface area contributed by atoms with Gasteiger partial charge in [-0.1, -0.05) is 39.0 Å². The first-order chi connectivity index (χ1) is 7.84. The van der Waals surface area contributed by atoms with Crippen LogP contribution in [0.25, 0.3) is 0 Å². The predicted molar refractivity (Wildman–Crippen MR) is 71.9 cm³/mol. The highest BCUT2D eigenvalue weighted by molar-refractivity contribution is 4.75. The average Bonchev–Trinajstić information content (AvgIpc) is 2.81. The zero-order valence-electron chi connectivity index (χ0n) is 11.3. The van der Waals surface area contributed by atoms with Crippen LogP contribution in [0, 0.1) is 0 Å². The van der Waals surface area contributed by atoms with E-state index >= 15 is 0 Å². The molecule has 0 amide bonds. The van der Waals surface area contributed by atoms with E-state index < -0.39 is 0 Å². The summed E-state index contributed by atoms with van der Waals surface area (Å²) >= 11 is 0. The molecule has 96 valence electrons. The zero-order valence-corrected chi connectivity index (χ0v) is 11.3. The normalized spacial score (nSPS) is 17.4. The van der Waals surface area contributed by atoms with E-state index in [4.69, 9.17) is 0 Å². The van der Waals surface area contributed by atoms with E-state index in [0.717, 1.165) is 6.04 Å². The van der Waals surface area contributed by atoms with E-state index in [1.54, 1.807) is 0 Å². The first-order valence-corrected chi connectivity index (χ1v) is 7.25. The second kappa shape index (κ2) is 9.00. The Labute approximate surface area is 102 Å². The number of nitrogens with one attached hydrogen (secondary N) is 1. The van der Waals surface area contributed by atoms with Crippen molar-refractivity contribution in [2.45, 2.75) is 64.3 Å². The van der Waals surface area contributed by atoms with Crippen LogP contribution in [-0.2, 0) is 0 Å². The standard InChI is InChI=1S/C14H30N2/c1-3-4-5-8-11-15-12-13-16(2)14-9-6-7-10-14/h14-15H,3-13H2,1-2H3. The number of likely N-dealkylation sites (N-methyl/N-ethyl adjacent to an activating group) is 1. The molecule has 0 aromatic rings. The van der Waals surface area contributed by atoms with Crippen molar-refractivity contribution in [2.24, 2.45) is 0 Å². The molecule has 2 heteroatoms. The number of hydrogen-bond acceptors (Lipinski definition) is 2. The Morgan fingerprint density at radius 2 is 1.81 bits per heavy atom. The first kappa shape index (κ1) is 14.0. The lowest BCUT2D eigenvalue weighted by molar-refractivity contribution is 0.245. The van der Waals surface area contributed by atoms with Gasteiger partial charge in [0.2, 0.25) is 0 Å². The van der Waals surface area contributed by atoms with Crippen molar-refractivity contribution in [3.63, 3.8) is 0 Å². The fraction of sp³-hybridized carbons (Fsp3) is 1.00. The molecule has 1 N–H and O–H groups in total. The smallest absolute Gasteiger partial charge is 0.0107 e. The highest BCUT2D eigenvalue weighted by Gasteiger charge is 2.18. The summed E-state index contributed by atoms with van der Waals surface area (Å²) in [5, 5.41) is 3.56. The van der Waals surface area contributed by atoms with Gasteiger partial charge in [0.05, 0.1) is 0 Å². The van der Waals surface area contributed by atoms with Crippen LogP contribution in [0.15, 0.2) is 0 Å². The van der Waals surface area contributed by atoms with Crippen molar-refractivity contribution >= 4 is 0 Å². The maximum atomic E-state index is 3.56. The molecule has 0 aromatic carbocycles. The van der Waals surface area contributed by atoms with E-state index in [1.165, 1.54) is 71.0 Å². The van der Waals surface area contributed by atoms with Gasteiger partial charge in [0.15, 0.2) is 0 Å². The quantitative estimate of drug-likeness (QED) is 0.608. The van der Waals surface area contributed by atoms with Gasteiger partial charge < -0.3 is 10.2 Å². The Morgan fingerprint density at radius 3 is 2.50 bits per heavy atom. The van der Waals surface area contributed by atoms with Crippen molar-refractivity contribution in [1.29, 1.82) is 0 Å². The summed E-state index contributed by atoms with van der Waals surface area (Å²) in [5.41, 5.74) is 0. The summed E-state index contributed by atoms with van der Waals surface area (Å²) in [4.78, 5) is 2.55. The van der Waals surface area contributed by atoms with Crippen LogP contribution in [0.1, 0.15) is 58.3 Å². The largest absolute Gasteiger partial charge is 0.315 e. The average molecular weight is 226 g/mol. The summed E-state index contributed by atoms with van der Waals surface area (Å²) in [6, 6.07) is 0.877. The molecule has 0 spiro atoms. The fourth-order valence-corrected chi connectivity index (χ4v) is 2.58. The molecule has 0 aromatic heterocycles. The van der Waals surface area contributed by atoms with Crippen LogP contribution in [0.4, 0.5) is 0 Å². The molecule has 16 heavy (non-hydrogen) atoms. The minimum atomic E-state index is 0.877. The van der Waals surface area contributed by atoms with Crippen LogP contribution in [0.3, 0.4) is 0 Å². The predicted octanol–water partition coefficient (Wildman–Crippen LogP) is 3.03. The number of hydrogen-bond donors (Lipinski definition) is 1. The third-order valence-electron chi connectivity index (χ3n) is 3.80. The van der Waals surface area contributed by atoms with E-state index in [-0.39, 0.29) is 0 Å². The van der Waals surface area contributed by atoms with Crippen molar-refractivity contribution in [3.05, 3.63) is 0 Å². The third-order valence-corrected chi connectivity index (χ3v) is 3.80. The summed E-state index contributed by atoms with van der Waals surface area (Å²) in [5.74, 6) is 0. The summed E-state index contributed by atoms with van der Waals surface area (Å²) < 4.78 is 0. The first-order valence-electron chi connectivity index (χ1n) is 7.25. The Kier molecular flexibility index (Phi) is 7.87. The molecule has 0 radical (unpaired) electrons. The second-order valence-electron chi connectivity index (χ2n) is 5.23. The Hall–Kier alpha value is -0.0800. The van der Waals surface area contributed by atoms with Crippen LogP contribution >= 0.6 is 0 Å². The van der Waals surface area contributed by atoms with Crippen LogP contribution in [0.2, 0.25) is 0 Å². The van der Waals surface area contributed by atoms with E-state index in [9.17, 15) is 0 Å². The monoisotopic (exact) mass is 226 g/mol. The molecule has 1 saturated carbocycles. The summed E-state index contributed by atoms with van der Waals surface area (Å²) in [7, 11) is 2.29. The third kappa shape index (κ3) is 5.86. The molecule has 1 aliphatic rings. The van der Waals surface area contributed by atoms with Crippen molar-refractivity contribution < 1.29 is 0 Å². The Bertz CT molecular complexity index is 153. The van der Waals surface area contributed by atoms with Gasteiger partial charge in [-0.25, -0.2) is 0 Å². The molecule has 0 bridgehead atoms. The van der Waals surface area contributed by atoms with E-state index in [0.29, 0.717) is 0 Å². The van der Waals surface area contributed by atoms with E-state index in [1.807, 2.05) is 0 Å². The zero-order chi connectivity index (χ0) is 11.6. The van der Waals surface area contributed by atoms with Gasteiger partial charge in [0, 0.05) is 19.1 Å². The van der Waals surface area contributed by atoms with E-state index in [2.05, 4.69) is 24.2 Å². The maximum Gasteiger partial charge on any atom is 0.0107 e. The van der Waals surface area contributed by atoms with Crippen molar-refractivity contribution in [3.8, 4) is 0 Å². The summed E-state index contributed by atoms with van der Waals surface area (Å²) in [6.45, 7) is 5.86. The second-order valence-corrected chi connectivity index (χ2v) is 5.23. The maximum absolute atomic E-state index is 3.56. The van der Waals surface area contributed by atoms with Crippen LogP contribution in [0.5, 0.6) is 0 Å². The highest BCUT2D eigenvalue weighted by Crippen LogP contribution is 2.21. The minimum absolute atomic E-state index is 0.877.